The number of benzene rings is 2. The van der Waals surface area contributed by atoms with E-state index in [0.29, 0.717) is 22.9 Å². The van der Waals surface area contributed by atoms with E-state index in [4.69, 9.17) is 21.3 Å². The van der Waals surface area contributed by atoms with Gasteiger partial charge in [0.1, 0.15) is 10.8 Å². The van der Waals surface area contributed by atoms with Crippen LogP contribution in [0.15, 0.2) is 51.9 Å². The number of nitrogens with zero attached hydrogens (tertiary/aromatic N) is 1. The molecule has 31 heavy (non-hydrogen) atoms. The molecule has 0 saturated carbocycles. The molecule has 1 amide bonds. The average Bonchev–Trinajstić information content (AvgIpc) is 3.13. The van der Waals surface area contributed by atoms with Crippen molar-refractivity contribution in [2.24, 2.45) is 4.99 Å². The van der Waals surface area contributed by atoms with E-state index in [9.17, 15) is 4.79 Å². The lowest BCUT2D eigenvalue weighted by atomic mass is 9.95. The molecule has 0 saturated heterocycles. The molecule has 4 nitrogen and oxygen atoms in total. The number of aryl methyl sites for hydroxylation is 1. The summed E-state index contributed by atoms with van der Waals surface area (Å²) in [4.78, 5) is 19.2. The molecule has 4 rings (SSSR count). The predicted octanol–water partition coefficient (Wildman–Crippen LogP) is 7.44. The van der Waals surface area contributed by atoms with E-state index in [0.717, 1.165) is 52.0 Å². The molecule has 1 heterocycles. The lowest BCUT2D eigenvalue weighted by Crippen LogP contribution is -2.14. The topological polar surface area (TPSA) is 50.7 Å². The van der Waals surface area contributed by atoms with Crippen LogP contribution >= 0.6 is 38.9 Å². The number of hydrogen-bond donors (Lipinski definition) is 1. The maximum atomic E-state index is 13.2. The van der Waals surface area contributed by atoms with E-state index in [1.54, 1.807) is 23.6 Å². The highest BCUT2D eigenvalue weighted by atomic mass is 79.9. The zero-order valence-electron chi connectivity index (χ0n) is 17.1. The van der Waals surface area contributed by atoms with Gasteiger partial charge in [-0.2, -0.15) is 0 Å². The van der Waals surface area contributed by atoms with Crippen LogP contribution in [0.25, 0.3) is 0 Å². The van der Waals surface area contributed by atoms with Crippen LogP contribution in [0.1, 0.15) is 46.1 Å². The minimum atomic E-state index is -0.116. The van der Waals surface area contributed by atoms with Crippen molar-refractivity contribution in [1.82, 2.24) is 0 Å². The number of ether oxygens (including phenoxy) is 1. The highest BCUT2D eigenvalue weighted by Crippen LogP contribution is 2.41. The fourth-order valence-electron chi connectivity index (χ4n) is 3.69. The third kappa shape index (κ3) is 5.03. The van der Waals surface area contributed by atoms with Crippen molar-refractivity contribution in [1.29, 1.82) is 0 Å². The van der Waals surface area contributed by atoms with Crippen LogP contribution in [-0.2, 0) is 12.8 Å². The van der Waals surface area contributed by atoms with Gasteiger partial charge in [-0.25, -0.2) is 4.99 Å². The Morgan fingerprint density at radius 3 is 2.81 bits per heavy atom. The monoisotopic (exact) mass is 516 g/mol. The second-order valence-corrected chi connectivity index (χ2v) is 9.58. The molecule has 0 radical (unpaired) electrons. The van der Waals surface area contributed by atoms with Crippen molar-refractivity contribution in [3.63, 3.8) is 0 Å². The molecule has 0 fully saturated rings. The largest absolute Gasteiger partial charge is 0.492 e. The highest BCUT2D eigenvalue weighted by Gasteiger charge is 2.25. The number of fused-ring (bicyclic) bond motifs is 1. The first-order chi connectivity index (χ1) is 15.1. The molecular formula is C24H22BrClN2O2S. The number of carbonyl (C=O) groups is 1. The first kappa shape index (κ1) is 22.1. The quantitative estimate of drug-likeness (QED) is 0.345. The van der Waals surface area contributed by atoms with Crippen molar-refractivity contribution in [2.45, 2.75) is 32.6 Å². The molecular weight excluding hydrogens is 496 g/mol. The number of carbonyl (C=O) groups excluding carboxylic acids is 1. The lowest BCUT2D eigenvalue weighted by Gasteiger charge is -2.13. The van der Waals surface area contributed by atoms with Gasteiger partial charge >= 0.3 is 0 Å². The first-order valence-corrected chi connectivity index (χ1v) is 12.2. The summed E-state index contributed by atoms with van der Waals surface area (Å²) in [6.07, 6.45) is 5.87. The molecule has 0 aliphatic heterocycles. The number of rotatable bonds is 6. The van der Waals surface area contributed by atoms with Crippen molar-refractivity contribution >= 4 is 61.7 Å². The minimum absolute atomic E-state index is 0.116. The van der Waals surface area contributed by atoms with Gasteiger partial charge in [0.05, 0.1) is 16.6 Å². The maximum Gasteiger partial charge on any atom is 0.259 e. The zero-order valence-corrected chi connectivity index (χ0v) is 20.2. The summed E-state index contributed by atoms with van der Waals surface area (Å²) in [6.45, 7) is 2.46. The molecule has 3 aromatic rings. The normalized spacial score (nSPS) is 13.3. The Morgan fingerprint density at radius 2 is 2.03 bits per heavy atom. The predicted molar refractivity (Wildman–Crippen MR) is 133 cm³/mol. The Morgan fingerprint density at radius 1 is 1.26 bits per heavy atom. The van der Waals surface area contributed by atoms with Crippen LogP contribution in [0, 0.1) is 0 Å². The number of para-hydroxylation sites is 1. The van der Waals surface area contributed by atoms with Gasteiger partial charge in [0.25, 0.3) is 5.91 Å². The second-order valence-electron chi connectivity index (χ2n) is 7.21. The first-order valence-electron chi connectivity index (χ1n) is 10.2. The summed E-state index contributed by atoms with van der Waals surface area (Å²) in [5, 5.41) is 4.33. The van der Waals surface area contributed by atoms with Gasteiger partial charge in [-0.15, -0.1) is 11.3 Å². The molecule has 2 aromatic carbocycles. The van der Waals surface area contributed by atoms with Gasteiger partial charge in [0.2, 0.25) is 0 Å². The SMILES string of the molecule is CCOc1c(Br)cc(Cl)cc1C=Nc1sc2c(c1C(=O)Nc1ccccc1)CCCC2. The number of anilines is 1. The molecule has 7 heteroatoms. The second kappa shape index (κ2) is 9.98. The number of amides is 1. The van der Waals surface area contributed by atoms with E-state index in [2.05, 4.69) is 21.2 Å². The van der Waals surface area contributed by atoms with E-state index in [-0.39, 0.29) is 5.91 Å². The molecule has 0 bridgehead atoms. The van der Waals surface area contributed by atoms with Gasteiger partial charge in [0, 0.05) is 27.4 Å². The van der Waals surface area contributed by atoms with Gasteiger partial charge in [-0.05, 0) is 78.4 Å². The van der Waals surface area contributed by atoms with Gasteiger partial charge in [-0.1, -0.05) is 29.8 Å². The lowest BCUT2D eigenvalue weighted by molar-refractivity contribution is 0.102. The summed E-state index contributed by atoms with van der Waals surface area (Å²) in [6, 6.07) is 13.1. The molecule has 1 aliphatic carbocycles. The van der Waals surface area contributed by atoms with Gasteiger partial charge < -0.3 is 10.1 Å². The highest BCUT2D eigenvalue weighted by molar-refractivity contribution is 9.10. The smallest absolute Gasteiger partial charge is 0.259 e. The van der Waals surface area contributed by atoms with Crippen LogP contribution < -0.4 is 10.1 Å². The zero-order chi connectivity index (χ0) is 21.8. The number of hydrogen-bond acceptors (Lipinski definition) is 4. The summed E-state index contributed by atoms with van der Waals surface area (Å²) in [7, 11) is 0. The Kier molecular flexibility index (Phi) is 7.10. The van der Waals surface area contributed by atoms with Gasteiger partial charge in [0.15, 0.2) is 0 Å². The van der Waals surface area contributed by atoms with Crippen LogP contribution in [0.5, 0.6) is 5.75 Å². The molecule has 0 atom stereocenters. The fourth-order valence-corrected chi connectivity index (χ4v) is 5.87. The van der Waals surface area contributed by atoms with E-state index in [1.807, 2.05) is 43.3 Å². The molecule has 0 unspecified atom stereocenters. The molecule has 1 aliphatic rings. The average molecular weight is 518 g/mol. The summed E-state index contributed by atoms with van der Waals surface area (Å²) in [5.41, 5.74) is 3.35. The van der Waals surface area contributed by atoms with Crippen LogP contribution in [0.2, 0.25) is 5.02 Å². The van der Waals surface area contributed by atoms with E-state index in [1.165, 1.54) is 4.88 Å². The standard InChI is InChI=1S/C24H22BrClN2O2S/c1-2-30-22-15(12-16(26)13-19(22)25)14-27-24-21(18-10-6-7-11-20(18)31-24)23(29)28-17-8-4-3-5-9-17/h3-5,8-9,12-14H,2,6-7,10-11H2,1H3,(H,28,29). The fraction of sp³-hybridized carbons (Fsp3) is 0.250. The minimum Gasteiger partial charge on any atom is -0.492 e. The summed E-state index contributed by atoms with van der Waals surface area (Å²) in [5.74, 6) is 0.572. The third-order valence-electron chi connectivity index (χ3n) is 5.06. The Balaban J connectivity index is 1.72. The van der Waals surface area contributed by atoms with E-state index < -0.39 is 0 Å². The van der Waals surface area contributed by atoms with Crippen molar-refractivity contribution in [3.05, 3.63) is 73.5 Å². The van der Waals surface area contributed by atoms with E-state index >= 15 is 0 Å². The molecule has 0 spiro atoms. The van der Waals surface area contributed by atoms with Crippen molar-refractivity contribution in [3.8, 4) is 5.75 Å². The number of nitrogens with one attached hydrogen (secondary N) is 1. The molecule has 1 aromatic heterocycles. The van der Waals surface area contributed by atoms with Crippen molar-refractivity contribution < 1.29 is 9.53 Å². The maximum absolute atomic E-state index is 13.2. The van der Waals surface area contributed by atoms with Crippen molar-refractivity contribution in [2.75, 3.05) is 11.9 Å². The number of aliphatic imine (C=N–C) groups is 1. The Hall–Kier alpha value is -2.15. The molecule has 1 N–H and O–H groups in total. The summed E-state index contributed by atoms with van der Waals surface area (Å²) < 4.78 is 6.55. The van der Waals surface area contributed by atoms with Crippen LogP contribution in [0.3, 0.4) is 0 Å². The van der Waals surface area contributed by atoms with Gasteiger partial charge in [-0.3, -0.25) is 4.79 Å². The van der Waals surface area contributed by atoms with Crippen LogP contribution in [0.4, 0.5) is 10.7 Å². The Labute approximate surface area is 199 Å². The molecule has 160 valence electrons. The third-order valence-corrected chi connectivity index (χ3v) is 7.07. The summed E-state index contributed by atoms with van der Waals surface area (Å²) >= 11 is 11.4. The number of halogens is 2. The Bertz CT molecular complexity index is 1130. The number of thiophene rings is 1. The van der Waals surface area contributed by atoms with Crippen LogP contribution in [-0.4, -0.2) is 18.7 Å².